The van der Waals surface area contributed by atoms with Crippen LogP contribution in [-0.2, 0) is 0 Å². The van der Waals surface area contributed by atoms with Crippen LogP contribution >= 0.6 is 22.6 Å². The summed E-state index contributed by atoms with van der Waals surface area (Å²) in [5, 5.41) is 0. The Balaban J connectivity index is 1.77. The third-order valence-corrected chi connectivity index (χ3v) is 5.83. The van der Waals surface area contributed by atoms with Crippen LogP contribution in [0.3, 0.4) is 0 Å². The van der Waals surface area contributed by atoms with Gasteiger partial charge >= 0.3 is 0 Å². The summed E-state index contributed by atoms with van der Waals surface area (Å²) in [7, 11) is 4.56. The lowest BCUT2D eigenvalue weighted by atomic mass is 9.83. The standard InChI is InChI=1S/C16H24IN3/c1-18-9-7-16(8-10-18)13-20(12-11-19(16)2)15-5-3-14(17)4-6-15/h3-6H,7-13H2,1-2H3. The second kappa shape index (κ2) is 5.81. The number of likely N-dealkylation sites (N-methyl/N-ethyl adjacent to an activating group) is 1. The molecule has 2 heterocycles. The summed E-state index contributed by atoms with van der Waals surface area (Å²) in [6.45, 7) is 5.96. The monoisotopic (exact) mass is 385 g/mol. The molecule has 3 nitrogen and oxygen atoms in total. The molecule has 1 spiro atoms. The van der Waals surface area contributed by atoms with Gasteiger partial charge in [0.15, 0.2) is 0 Å². The first-order valence-electron chi connectivity index (χ1n) is 7.49. The van der Waals surface area contributed by atoms with E-state index in [-0.39, 0.29) is 0 Å². The van der Waals surface area contributed by atoms with Crippen LogP contribution in [0, 0.1) is 3.57 Å². The van der Waals surface area contributed by atoms with E-state index in [1.807, 2.05) is 0 Å². The normalized spacial score (nSPS) is 24.2. The average molecular weight is 385 g/mol. The summed E-state index contributed by atoms with van der Waals surface area (Å²) in [5.41, 5.74) is 1.77. The van der Waals surface area contributed by atoms with Crippen molar-refractivity contribution < 1.29 is 0 Å². The number of hydrogen-bond donors (Lipinski definition) is 0. The van der Waals surface area contributed by atoms with Crippen LogP contribution in [0.15, 0.2) is 24.3 Å². The third-order valence-electron chi connectivity index (χ3n) is 5.11. The smallest absolute Gasteiger partial charge is 0.0406 e. The van der Waals surface area contributed by atoms with Gasteiger partial charge in [-0.25, -0.2) is 0 Å². The van der Waals surface area contributed by atoms with Crippen LogP contribution in [-0.4, -0.2) is 62.2 Å². The molecular formula is C16H24IN3. The highest BCUT2D eigenvalue weighted by Crippen LogP contribution is 2.33. The van der Waals surface area contributed by atoms with Crippen molar-refractivity contribution >= 4 is 28.3 Å². The Kier molecular flexibility index (Phi) is 4.24. The molecule has 2 aliphatic heterocycles. The summed E-state index contributed by atoms with van der Waals surface area (Å²) in [5.74, 6) is 0. The number of nitrogens with zero attached hydrogens (tertiary/aromatic N) is 3. The molecule has 0 radical (unpaired) electrons. The highest BCUT2D eigenvalue weighted by atomic mass is 127. The zero-order valence-corrected chi connectivity index (χ0v) is 14.6. The van der Waals surface area contributed by atoms with Gasteiger partial charge < -0.3 is 9.80 Å². The molecule has 2 fully saturated rings. The molecule has 2 aliphatic rings. The molecule has 0 saturated carbocycles. The van der Waals surface area contributed by atoms with Crippen LogP contribution in [0.5, 0.6) is 0 Å². The Hall–Kier alpha value is -0.330. The van der Waals surface area contributed by atoms with Gasteiger partial charge in [0.05, 0.1) is 0 Å². The minimum atomic E-state index is 0.383. The molecule has 0 aromatic heterocycles. The van der Waals surface area contributed by atoms with Crippen LogP contribution in [0.1, 0.15) is 12.8 Å². The fourth-order valence-corrected chi connectivity index (χ4v) is 3.87. The van der Waals surface area contributed by atoms with Crippen LogP contribution in [0.2, 0.25) is 0 Å². The molecule has 0 aliphatic carbocycles. The fraction of sp³-hybridized carbons (Fsp3) is 0.625. The van der Waals surface area contributed by atoms with E-state index in [0.29, 0.717) is 5.54 Å². The number of halogens is 1. The number of piperidine rings is 1. The fourth-order valence-electron chi connectivity index (χ4n) is 3.51. The minimum Gasteiger partial charge on any atom is -0.368 e. The summed E-state index contributed by atoms with van der Waals surface area (Å²) >= 11 is 2.38. The van der Waals surface area contributed by atoms with Gasteiger partial charge in [0.2, 0.25) is 0 Å². The van der Waals surface area contributed by atoms with Crippen molar-refractivity contribution in [3.05, 3.63) is 27.8 Å². The van der Waals surface area contributed by atoms with E-state index in [9.17, 15) is 0 Å². The zero-order chi connectivity index (χ0) is 14.2. The molecule has 0 atom stereocenters. The maximum Gasteiger partial charge on any atom is 0.0406 e. The molecule has 4 heteroatoms. The van der Waals surface area contributed by atoms with Gasteiger partial charge in [-0.05, 0) is 86.9 Å². The van der Waals surface area contributed by atoms with Crippen LogP contribution in [0.25, 0.3) is 0 Å². The molecule has 1 aromatic carbocycles. The van der Waals surface area contributed by atoms with E-state index >= 15 is 0 Å². The van der Waals surface area contributed by atoms with Gasteiger partial charge in [-0.1, -0.05) is 0 Å². The maximum atomic E-state index is 2.61. The average Bonchev–Trinajstić information content (AvgIpc) is 2.46. The maximum absolute atomic E-state index is 2.61. The number of hydrogen-bond acceptors (Lipinski definition) is 3. The summed E-state index contributed by atoms with van der Waals surface area (Å²) < 4.78 is 1.31. The van der Waals surface area contributed by atoms with E-state index in [0.717, 1.165) is 6.54 Å². The lowest BCUT2D eigenvalue weighted by Gasteiger charge is -2.53. The van der Waals surface area contributed by atoms with Gasteiger partial charge in [-0.2, -0.15) is 0 Å². The molecule has 3 rings (SSSR count). The van der Waals surface area contributed by atoms with Crippen molar-refractivity contribution in [1.29, 1.82) is 0 Å². The van der Waals surface area contributed by atoms with Crippen molar-refractivity contribution in [2.24, 2.45) is 0 Å². The Labute approximate surface area is 136 Å². The quantitative estimate of drug-likeness (QED) is 0.688. The van der Waals surface area contributed by atoms with Crippen LogP contribution in [0.4, 0.5) is 5.69 Å². The topological polar surface area (TPSA) is 9.72 Å². The lowest BCUT2D eigenvalue weighted by Crippen LogP contribution is -2.64. The molecule has 0 unspecified atom stereocenters. The summed E-state index contributed by atoms with van der Waals surface area (Å²) in [4.78, 5) is 7.66. The van der Waals surface area contributed by atoms with Crippen molar-refractivity contribution in [3.63, 3.8) is 0 Å². The highest BCUT2D eigenvalue weighted by molar-refractivity contribution is 14.1. The Bertz CT molecular complexity index is 451. The molecule has 0 bridgehead atoms. The first-order valence-corrected chi connectivity index (χ1v) is 8.57. The first kappa shape index (κ1) is 14.6. The molecular weight excluding hydrogens is 361 g/mol. The largest absolute Gasteiger partial charge is 0.368 e. The Morgan fingerprint density at radius 3 is 2.25 bits per heavy atom. The third kappa shape index (κ3) is 2.83. The van der Waals surface area contributed by atoms with Crippen LogP contribution < -0.4 is 4.90 Å². The SMILES string of the molecule is CN1CCC2(CC1)CN(c1ccc(I)cc1)CCN2C. The zero-order valence-electron chi connectivity index (χ0n) is 12.5. The van der Waals surface area contributed by atoms with Crippen molar-refractivity contribution in [3.8, 4) is 0 Å². The molecule has 2 saturated heterocycles. The van der Waals surface area contributed by atoms with E-state index in [2.05, 4.69) is 75.7 Å². The molecule has 1 aromatic rings. The van der Waals surface area contributed by atoms with E-state index < -0.39 is 0 Å². The number of benzene rings is 1. The van der Waals surface area contributed by atoms with Gasteiger partial charge in [-0.3, -0.25) is 4.90 Å². The van der Waals surface area contributed by atoms with Gasteiger partial charge in [0.25, 0.3) is 0 Å². The lowest BCUT2D eigenvalue weighted by molar-refractivity contribution is 0.0385. The molecule has 110 valence electrons. The van der Waals surface area contributed by atoms with E-state index in [4.69, 9.17) is 0 Å². The second-order valence-corrected chi connectivity index (χ2v) is 7.59. The number of likely N-dealkylation sites (tertiary alicyclic amines) is 1. The van der Waals surface area contributed by atoms with Crippen molar-refractivity contribution in [1.82, 2.24) is 9.80 Å². The summed E-state index contributed by atoms with van der Waals surface area (Å²) in [6.07, 6.45) is 2.59. The van der Waals surface area contributed by atoms with Gasteiger partial charge in [0, 0.05) is 34.4 Å². The number of piperazine rings is 1. The van der Waals surface area contributed by atoms with E-state index in [1.165, 1.54) is 48.3 Å². The number of anilines is 1. The molecule has 0 N–H and O–H groups in total. The minimum absolute atomic E-state index is 0.383. The molecule has 20 heavy (non-hydrogen) atoms. The Morgan fingerprint density at radius 2 is 1.60 bits per heavy atom. The number of rotatable bonds is 1. The predicted octanol–water partition coefficient (Wildman–Crippen LogP) is 2.51. The molecule has 0 amide bonds. The highest BCUT2D eigenvalue weighted by Gasteiger charge is 2.41. The predicted molar refractivity (Wildman–Crippen MR) is 93.5 cm³/mol. The summed E-state index contributed by atoms with van der Waals surface area (Å²) in [6, 6.07) is 8.98. The second-order valence-electron chi connectivity index (χ2n) is 6.35. The first-order chi connectivity index (χ1) is 9.59. The van der Waals surface area contributed by atoms with Crippen molar-refractivity contribution in [2.75, 3.05) is 51.7 Å². The van der Waals surface area contributed by atoms with Gasteiger partial charge in [0.1, 0.15) is 0 Å². The van der Waals surface area contributed by atoms with Gasteiger partial charge in [-0.15, -0.1) is 0 Å². The van der Waals surface area contributed by atoms with E-state index in [1.54, 1.807) is 0 Å². The van der Waals surface area contributed by atoms with Crippen molar-refractivity contribution in [2.45, 2.75) is 18.4 Å². The Morgan fingerprint density at radius 1 is 0.950 bits per heavy atom.